The Morgan fingerprint density at radius 2 is 2.29 bits per heavy atom. The van der Waals surface area contributed by atoms with Gasteiger partial charge in [0.05, 0.1) is 6.26 Å². The van der Waals surface area contributed by atoms with Crippen molar-refractivity contribution in [2.24, 2.45) is 15.7 Å². The van der Waals surface area contributed by atoms with Crippen molar-refractivity contribution in [3.63, 3.8) is 0 Å². The molecule has 1 aromatic rings. The molecular weight excluding hydrogens is 218 g/mol. The highest BCUT2D eigenvalue weighted by Gasteiger charge is 2.15. The molecule has 0 saturated carbocycles. The molecule has 0 aliphatic carbocycles. The number of nitrogens with one attached hydrogen (secondary N) is 1. The van der Waals surface area contributed by atoms with Crippen molar-refractivity contribution in [1.82, 2.24) is 10.2 Å². The molecule has 0 radical (unpaired) electrons. The van der Waals surface area contributed by atoms with Crippen molar-refractivity contribution < 1.29 is 4.42 Å². The van der Waals surface area contributed by atoms with Crippen molar-refractivity contribution in [3.8, 4) is 0 Å². The zero-order chi connectivity index (χ0) is 12.4. The first-order chi connectivity index (χ1) is 8.04. The number of rotatable bonds is 2. The number of aliphatic imine (C=N–C) groups is 2. The van der Waals surface area contributed by atoms with Gasteiger partial charge in [-0.15, -0.1) is 0 Å². The van der Waals surface area contributed by atoms with Crippen LogP contribution in [0.3, 0.4) is 0 Å². The van der Waals surface area contributed by atoms with Crippen LogP contribution in [0.2, 0.25) is 0 Å². The Labute approximate surface area is 100 Å². The number of nitrogens with zero attached hydrogens (tertiary/aromatic N) is 3. The molecule has 17 heavy (non-hydrogen) atoms. The lowest BCUT2D eigenvalue weighted by Crippen LogP contribution is -2.48. The number of hydrogen-bond donors (Lipinski definition) is 2. The molecule has 92 valence electrons. The van der Waals surface area contributed by atoms with Gasteiger partial charge in [-0.05, 0) is 19.9 Å². The fraction of sp³-hybridized carbons (Fsp3) is 0.455. The van der Waals surface area contributed by atoms with E-state index in [1.165, 1.54) is 0 Å². The van der Waals surface area contributed by atoms with Gasteiger partial charge in [0.15, 0.2) is 5.96 Å². The Kier molecular flexibility index (Phi) is 3.03. The van der Waals surface area contributed by atoms with Crippen LogP contribution in [0.4, 0.5) is 0 Å². The van der Waals surface area contributed by atoms with E-state index in [0.717, 1.165) is 17.3 Å². The molecule has 0 saturated heterocycles. The summed E-state index contributed by atoms with van der Waals surface area (Å²) in [6, 6.07) is 2.00. The summed E-state index contributed by atoms with van der Waals surface area (Å²) in [6.07, 6.45) is 1.61. The number of furan rings is 1. The lowest BCUT2D eigenvalue weighted by atomic mass is 10.3. The number of guanidine groups is 2. The van der Waals surface area contributed by atoms with Crippen LogP contribution in [0.1, 0.15) is 18.2 Å². The molecule has 1 aromatic heterocycles. The minimum atomic E-state index is -0.139. The maximum Gasteiger partial charge on any atom is 0.202 e. The SMILES string of the molecule is Cc1cc(CN(C)C2=NC(C)N=C(N)N2)co1. The number of hydrogen-bond acceptors (Lipinski definition) is 6. The molecule has 0 amide bonds. The van der Waals surface area contributed by atoms with E-state index in [1.54, 1.807) is 6.26 Å². The maximum absolute atomic E-state index is 5.66. The maximum atomic E-state index is 5.66. The monoisotopic (exact) mass is 235 g/mol. The van der Waals surface area contributed by atoms with Crippen molar-refractivity contribution in [2.75, 3.05) is 7.05 Å². The molecule has 0 spiro atoms. The molecule has 2 heterocycles. The summed E-state index contributed by atoms with van der Waals surface area (Å²) in [5.74, 6) is 2.03. The predicted octanol–water partition coefficient (Wildman–Crippen LogP) is 0.640. The summed E-state index contributed by atoms with van der Waals surface area (Å²) in [6.45, 7) is 4.53. The molecule has 6 nitrogen and oxygen atoms in total. The van der Waals surface area contributed by atoms with Gasteiger partial charge >= 0.3 is 0 Å². The van der Waals surface area contributed by atoms with Crippen molar-refractivity contribution >= 4 is 11.9 Å². The van der Waals surface area contributed by atoms with E-state index in [1.807, 2.05) is 31.9 Å². The van der Waals surface area contributed by atoms with Gasteiger partial charge in [0, 0.05) is 19.2 Å². The van der Waals surface area contributed by atoms with Crippen LogP contribution < -0.4 is 11.1 Å². The fourth-order valence-electron chi connectivity index (χ4n) is 1.71. The molecule has 0 bridgehead atoms. The molecule has 0 aromatic carbocycles. The van der Waals surface area contributed by atoms with Crippen molar-refractivity contribution in [1.29, 1.82) is 0 Å². The third-order valence-corrected chi connectivity index (χ3v) is 2.44. The summed E-state index contributed by atoms with van der Waals surface area (Å²) in [7, 11) is 1.94. The molecule has 3 N–H and O–H groups in total. The molecule has 1 aliphatic heterocycles. The van der Waals surface area contributed by atoms with E-state index in [2.05, 4.69) is 15.3 Å². The first kappa shape index (κ1) is 11.5. The standard InChI is InChI=1S/C11H17N5O/c1-7-4-9(6-17-7)5-16(3)11-14-8(2)13-10(12)15-11/h4,6,8H,5H2,1-3H3,(H3,12,13,14,15). The Bertz CT molecular complexity index is 462. The zero-order valence-electron chi connectivity index (χ0n) is 10.3. The minimum Gasteiger partial charge on any atom is -0.469 e. The topological polar surface area (TPSA) is 79.2 Å². The number of aryl methyl sites for hydroxylation is 1. The molecule has 6 heteroatoms. The summed E-state index contributed by atoms with van der Waals surface area (Å²) in [5, 5.41) is 2.95. The van der Waals surface area contributed by atoms with E-state index < -0.39 is 0 Å². The van der Waals surface area contributed by atoms with E-state index in [-0.39, 0.29) is 6.17 Å². The summed E-state index contributed by atoms with van der Waals surface area (Å²) in [4.78, 5) is 10.4. The second kappa shape index (κ2) is 4.48. The Morgan fingerprint density at radius 3 is 2.88 bits per heavy atom. The molecular formula is C11H17N5O. The number of nitrogens with two attached hydrogens (primary N) is 1. The second-order valence-electron chi connectivity index (χ2n) is 4.15. The first-order valence-electron chi connectivity index (χ1n) is 5.48. The van der Waals surface area contributed by atoms with E-state index in [4.69, 9.17) is 10.2 Å². The lowest BCUT2D eigenvalue weighted by Gasteiger charge is -2.25. The Morgan fingerprint density at radius 1 is 1.53 bits per heavy atom. The largest absolute Gasteiger partial charge is 0.469 e. The van der Waals surface area contributed by atoms with Gasteiger partial charge in [-0.2, -0.15) is 0 Å². The van der Waals surface area contributed by atoms with E-state index >= 15 is 0 Å². The third kappa shape index (κ3) is 2.77. The summed E-state index contributed by atoms with van der Waals surface area (Å²) >= 11 is 0. The highest BCUT2D eigenvalue weighted by Crippen LogP contribution is 2.09. The van der Waals surface area contributed by atoms with Crippen LogP contribution >= 0.6 is 0 Å². The molecule has 1 unspecified atom stereocenters. The van der Waals surface area contributed by atoms with Crippen LogP contribution in [0, 0.1) is 6.92 Å². The predicted molar refractivity (Wildman–Crippen MR) is 66.6 cm³/mol. The summed E-state index contributed by atoms with van der Waals surface area (Å²) in [5.41, 5.74) is 6.76. The van der Waals surface area contributed by atoms with Crippen molar-refractivity contribution in [3.05, 3.63) is 23.7 Å². The van der Waals surface area contributed by atoms with E-state index in [9.17, 15) is 0 Å². The highest BCUT2D eigenvalue weighted by molar-refractivity contribution is 5.99. The normalized spacial score (nSPS) is 19.4. The van der Waals surface area contributed by atoms with Crippen LogP contribution in [0.15, 0.2) is 26.7 Å². The molecule has 2 rings (SSSR count). The van der Waals surface area contributed by atoms with Gasteiger partial charge in [-0.3, -0.25) is 5.32 Å². The average molecular weight is 235 g/mol. The Balaban J connectivity index is 2.03. The van der Waals surface area contributed by atoms with Gasteiger partial charge in [-0.1, -0.05) is 0 Å². The molecule has 0 fully saturated rings. The van der Waals surface area contributed by atoms with Crippen LogP contribution in [-0.2, 0) is 6.54 Å². The second-order valence-corrected chi connectivity index (χ2v) is 4.15. The quantitative estimate of drug-likeness (QED) is 0.788. The van der Waals surface area contributed by atoms with Gasteiger partial charge in [0.25, 0.3) is 0 Å². The fourth-order valence-corrected chi connectivity index (χ4v) is 1.71. The zero-order valence-corrected chi connectivity index (χ0v) is 10.3. The van der Waals surface area contributed by atoms with Gasteiger partial charge in [-0.25, -0.2) is 9.98 Å². The van der Waals surface area contributed by atoms with E-state index in [0.29, 0.717) is 12.5 Å². The molecule has 1 atom stereocenters. The van der Waals surface area contributed by atoms with Crippen LogP contribution in [-0.4, -0.2) is 30.0 Å². The Hall–Kier alpha value is -1.98. The highest BCUT2D eigenvalue weighted by atomic mass is 16.3. The van der Waals surface area contributed by atoms with Gasteiger partial charge in [0.2, 0.25) is 5.96 Å². The smallest absolute Gasteiger partial charge is 0.202 e. The van der Waals surface area contributed by atoms with Crippen LogP contribution in [0.5, 0.6) is 0 Å². The summed E-state index contributed by atoms with van der Waals surface area (Å²) < 4.78 is 5.26. The first-order valence-corrected chi connectivity index (χ1v) is 5.48. The van der Waals surface area contributed by atoms with Crippen LogP contribution in [0.25, 0.3) is 0 Å². The average Bonchev–Trinajstić information content (AvgIpc) is 2.62. The third-order valence-electron chi connectivity index (χ3n) is 2.44. The van der Waals surface area contributed by atoms with Gasteiger partial charge in [0.1, 0.15) is 11.9 Å². The lowest BCUT2D eigenvalue weighted by molar-refractivity contribution is 0.470. The van der Waals surface area contributed by atoms with Crippen molar-refractivity contribution in [2.45, 2.75) is 26.6 Å². The van der Waals surface area contributed by atoms with Gasteiger partial charge < -0.3 is 15.1 Å². The minimum absolute atomic E-state index is 0.139. The molecule has 1 aliphatic rings.